The summed E-state index contributed by atoms with van der Waals surface area (Å²) in [6, 6.07) is 0.936. The van der Waals surface area contributed by atoms with Gasteiger partial charge in [0, 0.05) is 50.6 Å². The number of nitrogens with zero attached hydrogens (tertiary/aromatic N) is 3. The molecule has 21 heavy (non-hydrogen) atoms. The normalized spacial score (nSPS) is 22.7. The molecule has 2 fully saturated rings. The monoisotopic (exact) mass is 330 g/mol. The number of hydrogen-bond donors (Lipinski definition) is 1. The second-order valence-corrected chi connectivity index (χ2v) is 6.60. The van der Waals surface area contributed by atoms with Gasteiger partial charge in [0.25, 0.3) is 0 Å². The van der Waals surface area contributed by atoms with Crippen LogP contribution in [0, 0.1) is 0 Å². The Labute approximate surface area is 136 Å². The molecule has 1 aliphatic heterocycles. The molecule has 0 radical (unpaired) electrons. The smallest absolute Gasteiger partial charge is 0.225 e. The Morgan fingerprint density at radius 2 is 2.33 bits per heavy atom. The van der Waals surface area contributed by atoms with Crippen molar-refractivity contribution < 1.29 is 4.79 Å². The Balaban J connectivity index is 0.00000161. The number of amides is 1. The van der Waals surface area contributed by atoms with Crippen molar-refractivity contribution in [3.05, 3.63) is 11.1 Å². The van der Waals surface area contributed by atoms with Crippen molar-refractivity contribution in [2.75, 3.05) is 24.5 Å². The van der Waals surface area contributed by atoms with Crippen molar-refractivity contribution >= 4 is 34.8 Å². The second-order valence-electron chi connectivity index (χ2n) is 5.77. The number of carbonyl (C=O) groups is 1. The number of hydrogen-bond acceptors (Lipinski definition) is 5. The van der Waals surface area contributed by atoms with Crippen molar-refractivity contribution in [2.45, 2.75) is 45.3 Å². The first kappa shape index (κ1) is 16.7. The molecule has 0 aromatic carbocycles. The van der Waals surface area contributed by atoms with Gasteiger partial charge in [-0.05, 0) is 19.8 Å². The van der Waals surface area contributed by atoms with Crippen molar-refractivity contribution in [1.82, 2.24) is 15.2 Å². The standard InChI is InChI=1S/C14H22N4OS.ClH/c1-10-7-15-5-6-17(10)8-12-9-20-14(16-12)18(11(2)19)13-3-4-13;/h9-10,13,15H,3-8H2,1-2H3;1H/t10-;/m1./s1. The Kier molecular flexibility index (Phi) is 5.60. The highest BCUT2D eigenvalue weighted by Crippen LogP contribution is 2.33. The van der Waals surface area contributed by atoms with Crippen LogP contribution in [-0.4, -0.2) is 47.5 Å². The molecule has 0 spiro atoms. The van der Waals surface area contributed by atoms with Gasteiger partial charge in [-0.3, -0.25) is 14.6 Å². The second kappa shape index (κ2) is 7.05. The van der Waals surface area contributed by atoms with E-state index in [1.165, 1.54) is 0 Å². The molecule has 0 bridgehead atoms. The van der Waals surface area contributed by atoms with E-state index in [1.54, 1.807) is 18.3 Å². The number of carbonyl (C=O) groups excluding carboxylic acids is 1. The summed E-state index contributed by atoms with van der Waals surface area (Å²) in [6.45, 7) is 7.91. The summed E-state index contributed by atoms with van der Waals surface area (Å²) in [5.41, 5.74) is 1.09. The molecule has 118 valence electrons. The van der Waals surface area contributed by atoms with Gasteiger partial charge in [-0.2, -0.15) is 0 Å². The van der Waals surface area contributed by atoms with Gasteiger partial charge in [-0.15, -0.1) is 23.7 Å². The summed E-state index contributed by atoms with van der Waals surface area (Å²) in [5, 5.41) is 6.37. The summed E-state index contributed by atoms with van der Waals surface area (Å²) < 4.78 is 0. The molecule has 1 atom stereocenters. The van der Waals surface area contributed by atoms with Crippen LogP contribution in [0.25, 0.3) is 0 Å². The van der Waals surface area contributed by atoms with E-state index in [-0.39, 0.29) is 18.3 Å². The zero-order valence-electron chi connectivity index (χ0n) is 12.5. The third-order valence-corrected chi connectivity index (χ3v) is 4.89. The third-order valence-electron chi connectivity index (χ3n) is 4.00. The molecule has 7 heteroatoms. The summed E-state index contributed by atoms with van der Waals surface area (Å²) in [4.78, 5) is 20.8. The molecule has 1 saturated carbocycles. The third kappa shape index (κ3) is 3.94. The lowest BCUT2D eigenvalue weighted by molar-refractivity contribution is -0.116. The maximum Gasteiger partial charge on any atom is 0.225 e. The summed E-state index contributed by atoms with van der Waals surface area (Å²) >= 11 is 1.60. The van der Waals surface area contributed by atoms with Crippen LogP contribution < -0.4 is 10.2 Å². The van der Waals surface area contributed by atoms with E-state index in [9.17, 15) is 4.79 Å². The van der Waals surface area contributed by atoms with Crippen LogP contribution in [0.2, 0.25) is 0 Å². The average molecular weight is 331 g/mol. The fraction of sp³-hybridized carbons (Fsp3) is 0.714. The molecular weight excluding hydrogens is 308 g/mol. The fourth-order valence-electron chi connectivity index (χ4n) is 2.69. The van der Waals surface area contributed by atoms with Gasteiger partial charge in [0.15, 0.2) is 5.13 Å². The Morgan fingerprint density at radius 3 is 2.95 bits per heavy atom. The molecule has 2 heterocycles. The van der Waals surface area contributed by atoms with E-state index in [4.69, 9.17) is 0 Å². The molecule has 0 unspecified atom stereocenters. The molecule has 1 saturated heterocycles. The van der Waals surface area contributed by atoms with Crippen LogP contribution in [0.4, 0.5) is 5.13 Å². The van der Waals surface area contributed by atoms with Gasteiger partial charge in [0.05, 0.1) is 5.69 Å². The molecule has 1 aliphatic carbocycles. The van der Waals surface area contributed by atoms with Gasteiger partial charge >= 0.3 is 0 Å². The highest BCUT2D eigenvalue weighted by atomic mass is 35.5. The minimum atomic E-state index is 0. The van der Waals surface area contributed by atoms with Gasteiger partial charge in [0.1, 0.15) is 0 Å². The summed E-state index contributed by atoms with van der Waals surface area (Å²) in [6.07, 6.45) is 2.23. The average Bonchev–Trinajstić information content (AvgIpc) is 3.12. The lowest BCUT2D eigenvalue weighted by atomic mass is 10.2. The molecular formula is C14H23ClN4OS. The largest absolute Gasteiger partial charge is 0.314 e. The first-order chi connectivity index (χ1) is 9.65. The molecule has 5 nitrogen and oxygen atoms in total. The van der Waals surface area contributed by atoms with Crippen LogP contribution in [0.15, 0.2) is 5.38 Å². The predicted octanol–water partition coefficient (Wildman–Crippen LogP) is 1.87. The van der Waals surface area contributed by atoms with Crippen molar-refractivity contribution in [2.24, 2.45) is 0 Å². The molecule has 1 amide bonds. The Bertz CT molecular complexity index is 491. The summed E-state index contributed by atoms with van der Waals surface area (Å²) in [5.74, 6) is 0.115. The van der Waals surface area contributed by atoms with Crippen LogP contribution in [0.5, 0.6) is 0 Å². The maximum atomic E-state index is 11.8. The van der Waals surface area contributed by atoms with Gasteiger partial charge in [0.2, 0.25) is 5.91 Å². The van der Waals surface area contributed by atoms with E-state index in [2.05, 4.69) is 27.5 Å². The fourth-order valence-corrected chi connectivity index (χ4v) is 3.62. The Morgan fingerprint density at radius 1 is 1.57 bits per heavy atom. The molecule has 1 N–H and O–H groups in total. The zero-order chi connectivity index (χ0) is 14.1. The quantitative estimate of drug-likeness (QED) is 0.915. The number of nitrogens with one attached hydrogen (secondary N) is 1. The maximum absolute atomic E-state index is 11.8. The van der Waals surface area contributed by atoms with E-state index < -0.39 is 0 Å². The predicted molar refractivity (Wildman–Crippen MR) is 88.3 cm³/mol. The summed E-state index contributed by atoms with van der Waals surface area (Å²) in [7, 11) is 0. The number of halogens is 1. The van der Waals surface area contributed by atoms with Gasteiger partial charge in [-0.1, -0.05) is 0 Å². The minimum Gasteiger partial charge on any atom is -0.314 e. The lowest BCUT2D eigenvalue weighted by Crippen LogP contribution is -2.49. The lowest BCUT2D eigenvalue weighted by Gasteiger charge is -2.33. The first-order valence-electron chi connectivity index (χ1n) is 7.34. The number of rotatable bonds is 4. The van der Waals surface area contributed by atoms with Crippen LogP contribution in [0.1, 0.15) is 32.4 Å². The van der Waals surface area contributed by atoms with Crippen molar-refractivity contribution in [1.29, 1.82) is 0 Å². The highest BCUT2D eigenvalue weighted by molar-refractivity contribution is 7.14. The number of thiazole rings is 1. The number of aromatic nitrogens is 1. The van der Waals surface area contributed by atoms with Crippen LogP contribution in [0.3, 0.4) is 0 Å². The van der Waals surface area contributed by atoms with Gasteiger partial charge < -0.3 is 5.32 Å². The minimum absolute atomic E-state index is 0. The van der Waals surface area contributed by atoms with Crippen LogP contribution in [-0.2, 0) is 11.3 Å². The Hall–Kier alpha value is -0.690. The zero-order valence-corrected chi connectivity index (χ0v) is 14.2. The van der Waals surface area contributed by atoms with Gasteiger partial charge in [-0.25, -0.2) is 4.98 Å². The SMILES string of the molecule is CC(=O)N(c1nc(CN2CCNC[C@H]2C)cs1)C1CC1.Cl. The van der Waals surface area contributed by atoms with Crippen molar-refractivity contribution in [3.63, 3.8) is 0 Å². The van der Waals surface area contributed by atoms with E-state index in [0.29, 0.717) is 12.1 Å². The molecule has 3 rings (SSSR count). The molecule has 1 aromatic heterocycles. The highest BCUT2D eigenvalue weighted by Gasteiger charge is 2.33. The number of anilines is 1. The van der Waals surface area contributed by atoms with E-state index in [1.807, 2.05) is 4.90 Å². The molecule has 1 aromatic rings. The van der Waals surface area contributed by atoms with Crippen LogP contribution >= 0.6 is 23.7 Å². The first-order valence-corrected chi connectivity index (χ1v) is 8.22. The van der Waals surface area contributed by atoms with E-state index >= 15 is 0 Å². The number of piperazine rings is 1. The topological polar surface area (TPSA) is 48.5 Å². The molecule has 2 aliphatic rings. The van der Waals surface area contributed by atoms with E-state index in [0.717, 1.165) is 49.8 Å². The van der Waals surface area contributed by atoms with Crippen molar-refractivity contribution in [3.8, 4) is 0 Å².